The fourth-order valence-corrected chi connectivity index (χ4v) is 1.67. The molecule has 0 aromatic heterocycles. The number of allylic oxidation sites excluding steroid dienone is 1. The minimum Gasteiger partial charge on any atom is -0.296 e. The highest BCUT2D eigenvalue weighted by Crippen LogP contribution is 2.23. The van der Waals surface area contributed by atoms with E-state index in [1.165, 1.54) is 0 Å². The number of ketones is 1. The average molecular weight is 167 g/mol. The molecule has 2 unspecified atom stereocenters. The highest BCUT2D eigenvalue weighted by Gasteiger charge is 2.40. The van der Waals surface area contributed by atoms with Crippen molar-refractivity contribution in [3.63, 3.8) is 0 Å². The fourth-order valence-electron chi connectivity index (χ4n) is 1.67. The van der Waals surface area contributed by atoms with Gasteiger partial charge in [-0.15, -0.1) is 6.58 Å². The Morgan fingerprint density at radius 3 is 2.83 bits per heavy atom. The third kappa shape index (κ3) is 1.58. The zero-order valence-electron chi connectivity index (χ0n) is 7.92. The number of nitrogens with zero attached hydrogens (tertiary/aromatic N) is 1. The first-order valence-electron chi connectivity index (χ1n) is 4.55. The normalized spacial score (nSPS) is 30.0. The second-order valence-electron chi connectivity index (χ2n) is 3.48. The van der Waals surface area contributed by atoms with Crippen LogP contribution < -0.4 is 0 Å². The van der Waals surface area contributed by atoms with Crippen LogP contribution in [0.15, 0.2) is 12.7 Å². The van der Waals surface area contributed by atoms with E-state index in [1.54, 1.807) is 0 Å². The zero-order valence-corrected chi connectivity index (χ0v) is 7.92. The van der Waals surface area contributed by atoms with Gasteiger partial charge in [-0.3, -0.25) is 9.69 Å². The first kappa shape index (κ1) is 9.46. The molecule has 0 aromatic carbocycles. The molecule has 12 heavy (non-hydrogen) atoms. The number of hydrogen-bond donors (Lipinski definition) is 0. The van der Waals surface area contributed by atoms with Gasteiger partial charge in [0.05, 0.1) is 12.1 Å². The van der Waals surface area contributed by atoms with Gasteiger partial charge >= 0.3 is 0 Å². The van der Waals surface area contributed by atoms with Crippen molar-refractivity contribution in [2.75, 3.05) is 7.05 Å². The van der Waals surface area contributed by atoms with Crippen molar-refractivity contribution < 1.29 is 4.79 Å². The Hall–Kier alpha value is -0.630. The van der Waals surface area contributed by atoms with E-state index in [0.717, 1.165) is 19.3 Å². The van der Waals surface area contributed by atoms with E-state index in [1.807, 2.05) is 20.0 Å². The van der Waals surface area contributed by atoms with Crippen molar-refractivity contribution >= 4 is 5.78 Å². The molecule has 1 fully saturated rings. The highest BCUT2D eigenvalue weighted by atomic mass is 16.1. The maximum Gasteiger partial charge on any atom is 0.166 e. The quantitative estimate of drug-likeness (QED) is 0.468. The first-order valence-corrected chi connectivity index (χ1v) is 4.55. The first-order chi connectivity index (χ1) is 5.68. The summed E-state index contributed by atoms with van der Waals surface area (Å²) in [5.41, 5.74) is 0. The molecule has 2 heteroatoms. The SMILES string of the molecule is C=CCCCC1C(=O)C(C)N1C. The van der Waals surface area contributed by atoms with Gasteiger partial charge in [0.1, 0.15) is 0 Å². The predicted octanol–water partition coefficient (Wildman–Crippen LogP) is 1.61. The molecule has 1 saturated heterocycles. The molecule has 0 spiro atoms. The molecule has 0 aromatic rings. The lowest BCUT2D eigenvalue weighted by atomic mass is 9.89. The maximum absolute atomic E-state index is 11.3. The topological polar surface area (TPSA) is 20.3 Å². The van der Waals surface area contributed by atoms with Crippen LogP contribution in [-0.2, 0) is 4.79 Å². The number of likely N-dealkylation sites (N-methyl/N-ethyl adjacent to an activating group) is 1. The summed E-state index contributed by atoms with van der Waals surface area (Å²) in [6.45, 7) is 5.62. The van der Waals surface area contributed by atoms with Gasteiger partial charge < -0.3 is 0 Å². The minimum atomic E-state index is 0.152. The van der Waals surface area contributed by atoms with E-state index in [-0.39, 0.29) is 12.1 Å². The fraction of sp³-hybridized carbons (Fsp3) is 0.700. The van der Waals surface area contributed by atoms with Crippen LogP contribution in [0.3, 0.4) is 0 Å². The Kier molecular flexibility index (Phi) is 3.04. The number of likely N-dealkylation sites (tertiary alicyclic amines) is 1. The van der Waals surface area contributed by atoms with Gasteiger partial charge in [0.25, 0.3) is 0 Å². The minimum absolute atomic E-state index is 0.152. The number of rotatable bonds is 4. The van der Waals surface area contributed by atoms with Gasteiger partial charge in [-0.25, -0.2) is 0 Å². The second kappa shape index (κ2) is 3.85. The van der Waals surface area contributed by atoms with Crippen molar-refractivity contribution in [3.05, 3.63) is 12.7 Å². The van der Waals surface area contributed by atoms with Crippen molar-refractivity contribution in [2.45, 2.75) is 38.3 Å². The van der Waals surface area contributed by atoms with Crippen LogP contribution in [0, 0.1) is 0 Å². The highest BCUT2D eigenvalue weighted by molar-refractivity contribution is 5.94. The van der Waals surface area contributed by atoms with E-state index in [9.17, 15) is 4.79 Å². The van der Waals surface area contributed by atoms with Gasteiger partial charge in [0.2, 0.25) is 0 Å². The molecule has 68 valence electrons. The molecule has 0 amide bonds. The standard InChI is InChI=1S/C10H17NO/c1-4-5-6-7-9-10(12)8(2)11(9)3/h4,8-9H,1,5-7H2,2-3H3. The van der Waals surface area contributed by atoms with Crippen LogP contribution in [-0.4, -0.2) is 29.8 Å². The zero-order chi connectivity index (χ0) is 9.14. The molecular weight excluding hydrogens is 150 g/mol. The third-order valence-electron chi connectivity index (χ3n) is 2.73. The Bertz CT molecular complexity index is 188. The van der Waals surface area contributed by atoms with Gasteiger partial charge in [0, 0.05) is 0 Å². The smallest absolute Gasteiger partial charge is 0.166 e. The van der Waals surface area contributed by atoms with E-state index in [2.05, 4.69) is 11.5 Å². The summed E-state index contributed by atoms with van der Waals surface area (Å²) in [6.07, 6.45) is 5.00. The molecule has 0 N–H and O–H groups in total. The van der Waals surface area contributed by atoms with E-state index in [4.69, 9.17) is 0 Å². The molecule has 0 saturated carbocycles. The monoisotopic (exact) mass is 167 g/mol. The van der Waals surface area contributed by atoms with Crippen LogP contribution in [0.2, 0.25) is 0 Å². The van der Waals surface area contributed by atoms with E-state index in [0.29, 0.717) is 5.78 Å². The van der Waals surface area contributed by atoms with Crippen LogP contribution in [0.5, 0.6) is 0 Å². The van der Waals surface area contributed by atoms with Gasteiger partial charge in [-0.1, -0.05) is 6.08 Å². The average Bonchev–Trinajstić information content (AvgIpc) is 2.11. The van der Waals surface area contributed by atoms with Crippen LogP contribution in [0.1, 0.15) is 26.2 Å². The van der Waals surface area contributed by atoms with Crippen LogP contribution in [0.4, 0.5) is 0 Å². The van der Waals surface area contributed by atoms with Gasteiger partial charge in [-0.05, 0) is 33.2 Å². The molecule has 1 aliphatic rings. The summed E-state index contributed by atoms with van der Waals surface area (Å²) in [7, 11) is 2.02. The molecule has 0 bridgehead atoms. The lowest BCUT2D eigenvalue weighted by Crippen LogP contribution is -2.61. The number of Topliss-reactive ketones (excluding diaryl/α,β-unsaturated/α-hetero) is 1. The Labute approximate surface area is 74.2 Å². The van der Waals surface area contributed by atoms with Crippen molar-refractivity contribution in [1.29, 1.82) is 0 Å². The van der Waals surface area contributed by atoms with Gasteiger partial charge in [-0.2, -0.15) is 0 Å². The molecule has 1 heterocycles. The molecule has 0 aliphatic carbocycles. The lowest BCUT2D eigenvalue weighted by Gasteiger charge is -2.42. The summed E-state index contributed by atoms with van der Waals surface area (Å²) in [4.78, 5) is 13.4. The Morgan fingerprint density at radius 2 is 2.33 bits per heavy atom. The maximum atomic E-state index is 11.3. The largest absolute Gasteiger partial charge is 0.296 e. The molecule has 2 atom stereocenters. The van der Waals surface area contributed by atoms with Crippen molar-refractivity contribution in [2.24, 2.45) is 0 Å². The predicted molar refractivity (Wildman–Crippen MR) is 50.1 cm³/mol. The Balaban J connectivity index is 2.25. The van der Waals surface area contributed by atoms with E-state index < -0.39 is 0 Å². The number of carbonyl (C=O) groups is 1. The molecule has 1 rings (SSSR count). The molecule has 1 aliphatic heterocycles. The summed E-state index contributed by atoms with van der Waals surface area (Å²) in [5, 5.41) is 0. The number of hydrogen-bond acceptors (Lipinski definition) is 2. The summed E-state index contributed by atoms with van der Waals surface area (Å²) < 4.78 is 0. The number of carbonyl (C=O) groups excluding carboxylic acids is 1. The summed E-state index contributed by atoms with van der Waals surface area (Å²) >= 11 is 0. The summed E-state index contributed by atoms with van der Waals surface area (Å²) in [5.74, 6) is 0.404. The van der Waals surface area contributed by atoms with Crippen LogP contribution >= 0.6 is 0 Å². The molecule has 0 radical (unpaired) electrons. The lowest BCUT2D eigenvalue weighted by molar-refractivity contribution is -0.141. The van der Waals surface area contributed by atoms with Gasteiger partial charge in [0.15, 0.2) is 5.78 Å². The number of unbranched alkanes of at least 4 members (excludes halogenated alkanes) is 1. The van der Waals surface area contributed by atoms with Crippen LogP contribution in [0.25, 0.3) is 0 Å². The van der Waals surface area contributed by atoms with E-state index >= 15 is 0 Å². The van der Waals surface area contributed by atoms with Crippen molar-refractivity contribution in [1.82, 2.24) is 4.90 Å². The third-order valence-corrected chi connectivity index (χ3v) is 2.73. The summed E-state index contributed by atoms with van der Waals surface area (Å²) in [6, 6.07) is 0.346. The second-order valence-corrected chi connectivity index (χ2v) is 3.48. The molecule has 2 nitrogen and oxygen atoms in total. The van der Waals surface area contributed by atoms with Crippen molar-refractivity contribution in [3.8, 4) is 0 Å². The molecular formula is C10H17NO. The Morgan fingerprint density at radius 1 is 1.67 bits per heavy atom.